The van der Waals surface area contributed by atoms with Crippen LogP contribution in [0.3, 0.4) is 0 Å². The molecule has 31 rings (SSSR count). The molecular formula is C126H79B3N6S6. The van der Waals surface area contributed by atoms with Crippen molar-refractivity contribution in [1.82, 2.24) is 0 Å². The number of fused-ring (bicyclic) bond motifs is 24. The van der Waals surface area contributed by atoms with Crippen molar-refractivity contribution in [3.05, 3.63) is 479 Å². The summed E-state index contributed by atoms with van der Waals surface area (Å²) in [5, 5.41) is 7.51. The molecule has 658 valence electrons. The maximum Gasteiger partial charge on any atom is 0.249 e. The summed E-state index contributed by atoms with van der Waals surface area (Å²) < 4.78 is 0. The van der Waals surface area contributed by atoms with Gasteiger partial charge in [-0.25, -0.2) is 0 Å². The van der Waals surface area contributed by atoms with Gasteiger partial charge in [-0.2, -0.15) is 0 Å². The quantitative estimate of drug-likeness (QED) is 0.112. The fourth-order valence-electron chi connectivity index (χ4n) is 23.1. The summed E-state index contributed by atoms with van der Waals surface area (Å²) in [5.74, 6) is 0. The predicted octanol–water partition coefficient (Wildman–Crippen LogP) is 30.3. The van der Waals surface area contributed by atoms with E-state index in [0.717, 1.165) is 5.69 Å². The Labute approximate surface area is 845 Å². The van der Waals surface area contributed by atoms with Crippen molar-refractivity contribution >= 4 is 275 Å². The third kappa shape index (κ3) is 13.3. The summed E-state index contributed by atoms with van der Waals surface area (Å²) in [4.78, 5) is 30.8. The monoisotopic (exact) mass is 1900 g/mol. The van der Waals surface area contributed by atoms with E-state index in [-0.39, 0.29) is 20.1 Å². The molecule has 141 heavy (non-hydrogen) atoms. The zero-order chi connectivity index (χ0) is 92.4. The summed E-state index contributed by atoms with van der Waals surface area (Å²) in [6, 6.07) is 176. The van der Waals surface area contributed by atoms with Crippen molar-refractivity contribution < 1.29 is 0 Å². The highest BCUT2D eigenvalue weighted by atomic mass is 32.2. The highest BCUT2D eigenvalue weighted by Crippen LogP contribution is 2.64. The van der Waals surface area contributed by atoms with Crippen LogP contribution in [-0.2, 0) is 0 Å². The Morgan fingerprint density at radius 1 is 0.149 bits per heavy atom. The Morgan fingerprint density at radius 3 is 0.851 bits per heavy atom. The summed E-state index contributed by atoms with van der Waals surface area (Å²) >= 11 is 11.5. The second-order valence-electron chi connectivity index (χ2n) is 36.7. The Balaban J connectivity index is 0.000000101. The lowest BCUT2D eigenvalue weighted by Gasteiger charge is -2.44. The number of anilines is 18. The van der Waals surface area contributed by atoms with E-state index in [4.69, 9.17) is 0 Å². The van der Waals surface area contributed by atoms with Gasteiger partial charge in [0.1, 0.15) is 0 Å². The summed E-state index contributed by atoms with van der Waals surface area (Å²) in [5.41, 5.74) is 36.9. The molecule has 9 heterocycles. The van der Waals surface area contributed by atoms with Crippen LogP contribution in [0.5, 0.6) is 0 Å². The number of rotatable bonds is 7. The number of hydrogen-bond acceptors (Lipinski definition) is 12. The number of benzene rings is 22. The summed E-state index contributed by atoms with van der Waals surface area (Å²) in [6.07, 6.45) is 0. The number of hydrogen-bond donors (Lipinski definition) is 0. The van der Waals surface area contributed by atoms with Crippen LogP contribution >= 0.6 is 70.6 Å². The maximum atomic E-state index is 2.54. The van der Waals surface area contributed by atoms with Crippen molar-refractivity contribution in [2.45, 2.75) is 58.7 Å². The minimum absolute atomic E-state index is 0.152. The van der Waals surface area contributed by atoms with Gasteiger partial charge in [0.2, 0.25) is 20.1 Å². The van der Waals surface area contributed by atoms with Crippen molar-refractivity contribution in [3.8, 4) is 11.1 Å². The fraction of sp³-hybridized carbons (Fsp3) is 0. The molecule has 15 heteroatoms. The first-order valence-electron chi connectivity index (χ1n) is 48.0. The molecule has 0 aliphatic carbocycles. The van der Waals surface area contributed by atoms with Crippen LogP contribution in [0, 0.1) is 0 Å². The third-order valence-corrected chi connectivity index (χ3v) is 35.9. The number of nitrogens with zero attached hydrogens (tertiary/aromatic N) is 6. The number of para-hydroxylation sites is 9. The second-order valence-corrected chi connectivity index (χ2v) is 43.1. The summed E-state index contributed by atoms with van der Waals surface area (Å²) in [7, 11) is 0. The molecule has 0 amide bonds. The molecule has 0 N–H and O–H groups in total. The van der Waals surface area contributed by atoms with Gasteiger partial charge in [0.25, 0.3) is 0 Å². The Morgan fingerprint density at radius 2 is 0.433 bits per heavy atom. The van der Waals surface area contributed by atoms with E-state index in [2.05, 4.69) is 509 Å². The Bertz CT molecular complexity index is 8920. The van der Waals surface area contributed by atoms with Crippen LogP contribution in [0.4, 0.5) is 102 Å². The van der Waals surface area contributed by atoms with Crippen molar-refractivity contribution in [1.29, 1.82) is 0 Å². The fourth-order valence-corrected chi connectivity index (χ4v) is 30.1. The molecule has 6 nitrogen and oxygen atoms in total. The van der Waals surface area contributed by atoms with Crippen LogP contribution < -0.4 is 78.6 Å². The molecule has 0 unspecified atom stereocenters. The largest absolute Gasteiger partial charge is 0.310 e. The van der Waals surface area contributed by atoms with Crippen LogP contribution in [0.25, 0.3) is 43.4 Å². The normalized spacial score (nSPS) is 13.8. The first-order chi connectivity index (χ1) is 70.0. The van der Waals surface area contributed by atoms with Crippen LogP contribution in [-0.4, -0.2) is 20.1 Å². The molecule has 0 spiro atoms. The van der Waals surface area contributed by atoms with Crippen molar-refractivity contribution in [2.24, 2.45) is 0 Å². The molecule has 9 aliphatic rings. The van der Waals surface area contributed by atoms with E-state index in [1.54, 1.807) is 0 Å². The average Bonchev–Trinajstić information content (AvgIpc) is 0.698. The second kappa shape index (κ2) is 33.8. The SMILES string of the molecule is c1ccc(-c2ccc(N3c4ccccc4Sc4c3cc3c5c4N(c4ccccc4)c4ccccc4B5c4ccccc4S3)cc2)cc1.c1ccc(N2c3ccccc3B3c4ccccc4Sc4cc5c(c2c43)Sc2ccccc2N5c2cccc3cc4ccccc4cc23)cc1.c1ccc(N2c3ccccc3B3c4ccccc4Sc4cc5c(c2c43)Sc2ccccc2N5c2cccc3ccccc23)cc1. The van der Waals surface area contributed by atoms with Gasteiger partial charge in [-0.3, -0.25) is 0 Å². The van der Waals surface area contributed by atoms with Crippen molar-refractivity contribution in [3.63, 3.8) is 0 Å². The Hall–Kier alpha value is -15.3. The predicted molar refractivity (Wildman–Crippen MR) is 603 cm³/mol. The van der Waals surface area contributed by atoms with Gasteiger partial charge < -0.3 is 29.4 Å². The molecule has 0 saturated carbocycles. The van der Waals surface area contributed by atoms with E-state index >= 15 is 0 Å². The standard InChI is InChI=1S/C44H27BN2S2.C42H27BN2S2.C40H25BN2S2/c1-2-16-31(17-3-1)46-36-20-8-6-18-33(36)45-34-19-7-10-23-39(34)48-41-27-38-44(43(46)42(41)45)49-40-24-11-9-21-37(40)47(38)35-22-12-15-30-25-28-13-4-5-14-29(28)26-32(30)35;1-3-13-28(14-4-1)29-23-25-31(26-24-29)44-35-20-10-12-22-38(35)47-42-36(44)27-39-40-41(42)45(30-15-5-2-6-16-30)34-19-9-7-17-32(34)43(40)33-18-8-11-21-37(33)46-39;1-2-15-27(16-3-1)42-32-20-8-6-18-29(32)41-30-19-7-10-23-35(30)44-37-25-34-40(39(42)38(37)41)45-36-24-11-9-21-33(36)43(34)31-22-12-14-26-13-4-5-17-28(26)31/h1-27H;1-27H;1-25H. The van der Waals surface area contributed by atoms with Gasteiger partial charge in [-0.05, 0) is 229 Å². The lowest BCUT2D eigenvalue weighted by Crippen LogP contribution is -2.60. The molecule has 0 fully saturated rings. The molecule has 0 atom stereocenters. The molecule has 0 saturated heterocycles. The lowest BCUT2D eigenvalue weighted by molar-refractivity contribution is 1.13. The van der Waals surface area contributed by atoms with Gasteiger partial charge in [0, 0.05) is 94.6 Å². The first kappa shape index (κ1) is 82.8. The molecule has 0 bridgehead atoms. The first-order valence-corrected chi connectivity index (χ1v) is 52.9. The van der Waals surface area contributed by atoms with E-state index < -0.39 is 0 Å². The van der Waals surface area contributed by atoms with Crippen LogP contribution in [0.1, 0.15) is 0 Å². The third-order valence-electron chi connectivity index (χ3n) is 29.0. The van der Waals surface area contributed by atoms with Crippen molar-refractivity contribution in [2.75, 3.05) is 29.4 Å². The van der Waals surface area contributed by atoms with Crippen LogP contribution in [0.2, 0.25) is 0 Å². The minimum Gasteiger partial charge on any atom is -0.310 e. The topological polar surface area (TPSA) is 19.4 Å². The Kier molecular flexibility index (Phi) is 19.8. The van der Waals surface area contributed by atoms with E-state index in [0.29, 0.717) is 0 Å². The molecule has 22 aromatic carbocycles. The molecule has 0 radical (unpaired) electrons. The lowest BCUT2D eigenvalue weighted by atomic mass is 9.35. The van der Waals surface area contributed by atoms with Gasteiger partial charge in [-0.15, -0.1) is 0 Å². The van der Waals surface area contributed by atoms with E-state index in [1.165, 1.54) is 248 Å². The van der Waals surface area contributed by atoms with Gasteiger partial charge in [0.05, 0.1) is 77.2 Å². The maximum absolute atomic E-state index is 2.54. The highest BCUT2D eigenvalue weighted by molar-refractivity contribution is 8.01. The minimum atomic E-state index is 0.152. The van der Waals surface area contributed by atoms with E-state index in [1.807, 2.05) is 70.6 Å². The van der Waals surface area contributed by atoms with Crippen LogP contribution in [0.15, 0.2) is 538 Å². The van der Waals surface area contributed by atoms with E-state index in [9.17, 15) is 0 Å². The van der Waals surface area contributed by atoms with Gasteiger partial charge in [-0.1, -0.05) is 402 Å². The molecular weight excluding hydrogens is 1820 g/mol. The smallest absolute Gasteiger partial charge is 0.249 e. The molecule has 9 aliphatic heterocycles. The highest BCUT2D eigenvalue weighted by Gasteiger charge is 2.50. The van der Waals surface area contributed by atoms with Gasteiger partial charge in [0.15, 0.2) is 0 Å². The zero-order valence-corrected chi connectivity index (χ0v) is 80.9. The molecule has 22 aromatic rings. The zero-order valence-electron chi connectivity index (χ0n) is 76.0. The average molecular weight is 1900 g/mol. The van der Waals surface area contributed by atoms with Gasteiger partial charge >= 0.3 is 0 Å². The molecule has 0 aromatic heterocycles. The summed E-state index contributed by atoms with van der Waals surface area (Å²) in [6.45, 7) is 0.479.